The van der Waals surface area contributed by atoms with Crippen LogP contribution in [0.5, 0.6) is 17.4 Å². The monoisotopic (exact) mass is 458 g/mol. The molecule has 0 aliphatic heterocycles. The molecule has 2 aromatic heterocycles. The molecular weight excluding hydrogens is 441 g/mol. The SMILES string of the molecule is COc1cc(Cn2nnc3ccc(-c4ccc(OC(F)(F)F)cc4)cc3c2=O)nc(OC)c1. The highest BCUT2D eigenvalue weighted by molar-refractivity contribution is 5.83. The number of pyridine rings is 1. The minimum atomic E-state index is -4.77. The first-order chi connectivity index (χ1) is 15.8. The molecule has 4 rings (SSSR count). The molecule has 0 unspecified atom stereocenters. The number of alkyl halides is 3. The first-order valence-corrected chi connectivity index (χ1v) is 9.58. The van der Waals surface area contributed by atoms with Gasteiger partial charge in [0.05, 0.1) is 31.8 Å². The Morgan fingerprint density at radius 2 is 1.64 bits per heavy atom. The summed E-state index contributed by atoms with van der Waals surface area (Å²) in [5, 5.41) is 8.36. The number of hydrogen-bond acceptors (Lipinski definition) is 7. The van der Waals surface area contributed by atoms with Crippen molar-refractivity contribution >= 4 is 10.9 Å². The summed E-state index contributed by atoms with van der Waals surface area (Å²) in [6.07, 6.45) is -4.77. The second kappa shape index (κ2) is 8.77. The molecule has 0 radical (unpaired) electrons. The molecule has 0 aliphatic carbocycles. The highest BCUT2D eigenvalue weighted by Gasteiger charge is 2.31. The number of fused-ring (bicyclic) bond motifs is 1. The molecule has 0 bridgehead atoms. The summed E-state index contributed by atoms with van der Waals surface area (Å²) in [7, 11) is 2.97. The molecule has 8 nitrogen and oxygen atoms in total. The number of rotatable bonds is 6. The molecule has 0 atom stereocenters. The molecule has 4 aromatic rings. The lowest BCUT2D eigenvalue weighted by Gasteiger charge is -2.10. The fourth-order valence-electron chi connectivity index (χ4n) is 3.20. The zero-order valence-electron chi connectivity index (χ0n) is 17.5. The van der Waals surface area contributed by atoms with Crippen LogP contribution in [0.25, 0.3) is 22.0 Å². The standard InChI is InChI=1S/C22H17F3N4O4/c1-31-17-10-15(26-20(11-17)32-2)12-29-21(30)18-9-14(5-8-19(18)27-28-29)13-3-6-16(7-4-13)33-22(23,24)25/h3-11H,12H2,1-2H3. The van der Waals surface area contributed by atoms with E-state index in [2.05, 4.69) is 20.0 Å². The topological polar surface area (TPSA) is 88.4 Å². The summed E-state index contributed by atoms with van der Waals surface area (Å²) < 4.78 is 52.5. The molecule has 11 heteroatoms. The highest BCUT2D eigenvalue weighted by atomic mass is 19.4. The van der Waals surface area contributed by atoms with Crippen molar-refractivity contribution in [3.63, 3.8) is 0 Å². The van der Waals surface area contributed by atoms with E-state index >= 15 is 0 Å². The normalized spacial score (nSPS) is 11.4. The Morgan fingerprint density at radius 3 is 2.30 bits per heavy atom. The lowest BCUT2D eigenvalue weighted by Crippen LogP contribution is -2.25. The molecule has 0 saturated heterocycles. The van der Waals surface area contributed by atoms with Crippen molar-refractivity contribution in [2.75, 3.05) is 14.2 Å². The number of hydrogen-bond donors (Lipinski definition) is 0. The molecular formula is C22H17F3N4O4. The van der Waals surface area contributed by atoms with Gasteiger partial charge in [0.15, 0.2) is 0 Å². The van der Waals surface area contributed by atoms with Gasteiger partial charge in [-0.15, -0.1) is 18.3 Å². The van der Waals surface area contributed by atoms with Gasteiger partial charge in [-0.25, -0.2) is 9.67 Å². The second-order valence-corrected chi connectivity index (χ2v) is 6.90. The van der Waals surface area contributed by atoms with Crippen LogP contribution >= 0.6 is 0 Å². The maximum atomic E-state index is 13.1. The third-order valence-corrected chi connectivity index (χ3v) is 4.73. The van der Waals surface area contributed by atoms with E-state index in [-0.39, 0.29) is 12.3 Å². The number of benzene rings is 2. The Hall–Kier alpha value is -4.15. The second-order valence-electron chi connectivity index (χ2n) is 6.90. The van der Waals surface area contributed by atoms with Crippen LogP contribution in [0.1, 0.15) is 5.69 Å². The van der Waals surface area contributed by atoms with E-state index in [1.54, 1.807) is 30.3 Å². The van der Waals surface area contributed by atoms with E-state index in [0.717, 1.165) is 4.68 Å². The highest BCUT2D eigenvalue weighted by Crippen LogP contribution is 2.27. The van der Waals surface area contributed by atoms with Crippen LogP contribution < -0.4 is 19.8 Å². The van der Waals surface area contributed by atoms with Crippen LogP contribution in [0.15, 0.2) is 59.4 Å². The van der Waals surface area contributed by atoms with Gasteiger partial charge in [-0.3, -0.25) is 4.79 Å². The van der Waals surface area contributed by atoms with Crippen molar-refractivity contribution in [2.45, 2.75) is 12.9 Å². The van der Waals surface area contributed by atoms with Gasteiger partial charge >= 0.3 is 6.36 Å². The van der Waals surface area contributed by atoms with Crippen molar-refractivity contribution in [3.05, 3.63) is 70.6 Å². The number of aromatic nitrogens is 4. The third-order valence-electron chi connectivity index (χ3n) is 4.73. The van der Waals surface area contributed by atoms with Crippen LogP contribution in [0.3, 0.4) is 0 Å². The predicted octanol–water partition coefficient (Wildman–Crippen LogP) is 3.82. The summed E-state index contributed by atoms with van der Waals surface area (Å²) in [6, 6.07) is 13.6. The number of halogens is 3. The Bertz CT molecular complexity index is 1330. The van der Waals surface area contributed by atoms with E-state index in [9.17, 15) is 18.0 Å². The number of ether oxygens (including phenoxy) is 3. The summed E-state index contributed by atoms with van der Waals surface area (Å²) >= 11 is 0. The summed E-state index contributed by atoms with van der Waals surface area (Å²) in [5.41, 5.74) is 1.70. The average molecular weight is 458 g/mol. The molecule has 0 spiro atoms. The van der Waals surface area contributed by atoms with E-state index in [1.807, 2.05) is 0 Å². The minimum Gasteiger partial charge on any atom is -0.496 e. The molecule has 0 N–H and O–H groups in total. The van der Waals surface area contributed by atoms with Gasteiger partial charge in [0, 0.05) is 12.1 Å². The Labute approximate surface area is 185 Å². The third kappa shape index (κ3) is 5.03. The fourth-order valence-corrected chi connectivity index (χ4v) is 3.20. The quantitative estimate of drug-likeness (QED) is 0.434. The van der Waals surface area contributed by atoms with Crippen molar-refractivity contribution < 1.29 is 27.4 Å². The maximum Gasteiger partial charge on any atom is 0.573 e. The molecule has 2 heterocycles. The van der Waals surface area contributed by atoms with Crippen molar-refractivity contribution in [1.82, 2.24) is 20.0 Å². The van der Waals surface area contributed by atoms with Gasteiger partial charge in [0.25, 0.3) is 5.56 Å². The first kappa shape index (κ1) is 22.1. The zero-order valence-corrected chi connectivity index (χ0v) is 17.5. The van der Waals surface area contributed by atoms with Gasteiger partial charge in [-0.1, -0.05) is 23.4 Å². The molecule has 0 saturated carbocycles. The Balaban J connectivity index is 1.67. The van der Waals surface area contributed by atoms with Crippen LogP contribution in [0.4, 0.5) is 13.2 Å². The van der Waals surface area contributed by atoms with Crippen molar-refractivity contribution in [3.8, 4) is 28.5 Å². The summed E-state index contributed by atoms with van der Waals surface area (Å²) in [5.74, 6) is 0.506. The van der Waals surface area contributed by atoms with Crippen LogP contribution in [0.2, 0.25) is 0 Å². The maximum absolute atomic E-state index is 13.1. The lowest BCUT2D eigenvalue weighted by atomic mass is 10.0. The summed E-state index contributed by atoms with van der Waals surface area (Å²) in [6.45, 7) is 0.0308. The summed E-state index contributed by atoms with van der Waals surface area (Å²) in [4.78, 5) is 17.4. The largest absolute Gasteiger partial charge is 0.573 e. The van der Waals surface area contributed by atoms with Gasteiger partial charge in [-0.2, -0.15) is 0 Å². The lowest BCUT2D eigenvalue weighted by molar-refractivity contribution is -0.274. The van der Waals surface area contributed by atoms with Crippen LogP contribution in [-0.2, 0) is 6.54 Å². The fraction of sp³-hybridized carbons (Fsp3) is 0.182. The van der Waals surface area contributed by atoms with Crippen LogP contribution in [-0.4, -0.2) is 40.6 Å². The molecule has 0 amide bonds. The number of nitrogens with zero attached hydrogens (tertiary/aromatic N) is 4. The van der Waals surface area contributed by atoms with E-state index in [4.69, 9.17) is 9.47 Å². The van der Waals surface area contributed by atoms with Crippen molar-refractivity contribution in [1.29, 1.82) is 0 Å². The average Bonchev–Trinajstić information content (AvgIpc) is 2.80. The van der Waals surface area contributed by atoms with E-state index < -0.39 is 11.9 Å². The Kier molecular flexibility index (Phi) is 5.86. The Morgan fingerprint density at radius 1 is 0.909 bits per heavy atom. The van der Waals surface area contributed by atoms with Gasteiger partial charge in [0.2, 0.25) is 5.88 Å². The molecule has 0 aliphatic rings. The van der Waals surface area contributed by atoms with E-state index in [0.29, 0.717) is 39.4 Å². The first-order valence-electron chi connectivity index (χ1n) is 9.58. The predicted molar refractivity (Wildman–Crippen MR) is 112 cm³/mol. The minimum absolute atomic E-state index is 0.0308. The van der Waals surface area contributed by atoms with Gasteiger partial charge in [-0.05, 0) is 35.4 Å². The molecule has 33 heavy (non-hydrogen) atoms. The van der Waals surface area contributed by atoms with E-state index in [1.165, 1.54) is 38.5 Å². The van der Waals surface area contributed by atoms with Gasteiger partial charge < -0.3 is 14.2 Å². The zero-order chi connectivity index (χ0) is 23.6. The molecule has 2 aromatic carbocycles. The molecule has 170 valence electrons. The van der Waals surface area contributed by atoms with Crippen LogP contribution in [0, 0.1) is 0 Å². The van der Waals surface area contributed by atoms with Gasteiger partial charge in [0.1, 0.15) is 17.0 Å². The molecule has 0 fully saturated rings. The number of methoxy groups -OCH3 is 2. The van der Waals surface area contributed by atoms with Crippen molar-refractivity contribution in [2.24, 2.45) is 0 Å². The smallest absolute Gasteiger partial charge is 0.496 e.